The number of carbonyl (C=O) groups excluding carboxylic acids is 1. The molecular formula is C21H26N2O5S. The Hall–Kier alpha value is -2.42. The first kappa shape index (κ1) is 21.3. The minimum atomic E-state index is -3.89. The molecule has 7 nitrogen and oxygen atoms in total. The normalized spacial score (nSPS) is 17.2. The zero-order valence-corrected chi connectivity index (χ0v) is 17.4. The lowest BCUT2D eigenvalue weighted by molar-refractivity contribution is -0.137. The van der Waals surface area contributed by atoms with Gasteiger partial charge in [0.25, 0.3) is 0 Å². The summed E-state index contributed by atoms with van der Waals surface area (Å²) >= 11 is 0. The Kier molecular flexibility index (Phi) is 6.89. The lowest BCUT2D eigenvalue weighted by atomic mass is 10.1. The van der Waals surface area contributed by atoms with Gasteiger partial charge in [-0.15, -0.1) is 0 Å². The second-order valence-corrected chi connectivity index (χ2v) is 8.51. The summed E-state index contributed by atoms with van der Waals surface area (Å²) in [7, 11) is -2.47. The quantitative estimate of drug-likeness (QED) is 0.745. The predicted octanol–water partition coefficient (Wildman–Crippen LogP) is 2.14. The summed E-state index contributed by atoms with van der Waals surface area (Å²) in [5, 5.41) is 0. The Bertz CT molecular complexity index is 947. The lowest BCUT2D eigenvalue weighted by Crippen LogP contribution is -2.46. The van der Waals surface area contributed by atoms with Gasteiger partial charge in [-0.05, 0) is 29.7 Å². The number of sulfonamides is 1. The molecule has 29 heavy (non-hydrogen) atoms. The number of carbonyl (C=O) groups is 1. The molecule has 0 aliphatic carbocycles. The highest BCUT2D eigenvalue weighted by Crippen LogP contribution is 2.25. The third kappa shape index (κ3) is 5.14. The maximum absolute atomic E-state index is 12.8. The third-order valence-corrected chi connectivity index (χ3v) is 6.35. The lowest BCUT2D eigenvalue weighted by Gasteiger charge is -2.33. The smallest absolute Gasteiger partial charge is 0.244 e. The van der Waals surface area contributed by atoms with Gasteiger partial charge in [0.05, 0.1) is 26.8 Å². The van der Waals surface area contributed by atoms with Gasteiger partial charge in [0.1, 0.15) is 16.7 Å². The number of benzene rings is 2. The molecule has 1 amide bonds. The van der Waals surface area contributed by atoms with Crippen molar-refractivity contribution in [3.8, 4) is 5.75 Å². The molecule has 156 valence electrons. The summed E-state index contributed by atoms with van der Waals surface area (Å²) in [5.74, 6) is -0.0407. The number of ether oxygens (including phenoxy) is 2. The monoisotopic (exact) mass is 418 g/mol. The van der Waals surface area contributed by atoms with E-state index >= 15 is 0 Å². The van der Waals surface area contributed by atoms with Crippen LogP contribution < -0.4 is 9.46 Å². The van der Waals surface area contributed by atoms with Crippen LogP contribution >= 0.6 is 0 Å². The molecule has 1 atom stereocenters. The highest BCUT2D eigenvalue weighted by molar-refractivity contribution is 7.89. The van der Waals surface area contributed by atoms with E-state index in [9.17, 15) is 13.2 Å². The zero-order valence-electron chi connectivity index (χ0n) is 16.6. The van der Waals surface area contributed by atoms with E-state index in [1.165, 1.54) is 7.11 Å². The molecule has 0 bridgehead atoms. The summed E-state index contributed by atoms with van der Waals surface area (Å²) in [6, 6.07) is 14.7. The maximum Gasteiger partial charge on any atom is 0.244 e. The van der Waals surface area contributed by atoms with Crippen LogP contribution in [0.25, 0.3) is 0 Å². The third-order valence-electron chi connectivity index (χ3n) is 4.93. The standard InChI is InChI=1S/C21H26N2O5S/c1-3-16-9-10-18(27-2)20(13-16)29(25,26)22-14-21(24)23-11-12-28-19(15-23)17-7-5-4-6-8-17/h4-10,13,19,22H,3,11-12,14-15H2,1-2H3. The molecule has 2 aromatic carbocycles. The zero-order chi connectivity index (χ0) is 20.9. The van der Waals surface area contributed by atoms with Gasteiger partial charge in [-0.25, -0.2) is 13.1 Å². The number of morpholine rings is 1. The SMILES string of the molecule is CCc1ccc(OC)c(S(=O)(=O)NCC(=O)N2CCOC(c3ccccc3)C2)c1. The van der Waals surface area contributed by atoms with Crippen LogP contribution in [0.1, 0.15) is 24.2 Å². The molecule has 1 fully saturated rings. The summed E-state index contributed by atoms with van der Waals surface area (Å²) in [6.45, 7) is 2.85. The number of hydrogen-bond donors (Lipinski definition) is 1. The molecule has 3 rings (SSSR count). The molecule has 1 saturated heterocycles. The van der Waals surface area contributed by atoms with Crippen molar-refractivity contribution < 1.29 is 22.7 Å². The van der Waals surface area contributed by atoms with E-state index in [4.69, 9.17) is 9.47 Å². The topological polar surface area (TPSA) is 84.9 Å². The molecule has 1 heterocycles. The fraction of sp³-hybridized carbons (Fsp3) is 0.381. The predicted molar refractivity (Wildman–Crippen MR) is 109 cm³/mol. The van der Waals surface area contributed by atoms with Crippen LogP contribution in [0.3, 0.4) is 0 Å². The van der Waals surface area contributed by atoms with Crippen molar-refractivity contribution in [2.45, 2.75) is 24.3 Å². The second kappa shape index (κ2) is 9.39. The Labute approximate surface area is 171 Å². The largest absolute Gasteiger partial charge is 0.495 e. The van der Waals surface area contributed by atoms with Crippen molar-refractivity contribution in [3.63, 3.8) is 0 Å². The van der Waals surface area contributed by atoms with Crippen LogP contribution in [0.5, 0.6) is 5.75 Å². The van der Waals surface area contributed by atoms with Crippen molar-refractivity contribution >= 4 is 15.9 Å². The van der Waals surface area contributed by atoms with Crippen LogP contribution in [0.15, 0.2) is 53.4 Å². The highest BCUT2D eigenvalue weighted by atomic mass is 32.2. The van der Waals surface area contributed by atoms with E-state index in [1.54, 1.807) is 17.0 Å². The first-order valence-electron chi connectivity index (χ1n) is 9.55. The summed E-state index contributed by atoms with van der Waals surface area (Å²) in [6.07, 6.45) is 0.479. The molecule has 1 aliphatic rings. The van der Waals surface area contributed by atoms with Crippen LogP contribution in [-0.4, -0.2) is 52.6 Å². The molecule has 1 aliphatic heterocycles. The molecule has 1 unspecified atom stereocenters. The van der Waals surface area contributed by atoms with Gasteiger partial charge in [0, 0.05) is 6.54 Å². The molecule has 8 heteroatoms. The Balaban J connectivity index is 1.67. The minimum absolute atomic E-state index is 0.0382. The van der Waals surface area contributed by atoms with Crippen molar-refractivity contribution in [1.29, 1.82) is 0 Å². The summed E-state index contributed by atoms with van der Waals surface area (Å²) in [4.78, 5) is 14.3. The fourth-order valence-corrected chi connectivity index (χ4v) is 4.43. The molecule has 0 radical (unpaired) electrons. The highest BCUT2D eigenvalue weighted by Gasteiger charge is 2.27. The Morgan fingerprint density at radius 1 is 1.24 bits per heavy atom. The first-order chi connectivity index (χ1) is 13.9. The van der Waals surface area contributed by atoms with Gasteiger partial charge in [-0.3, -0.25) is 4.79 Å². The molecule has 0 spiro atoms. The van der Waals surface area contributed by atoms with Gasteiger partial charge >= 0.3 is 0 Å². The number of hydrogen-bond acceptors (Lipinski definition) is 5. The molecular weight excluding hydrogens is 392 g/mol. The van der Waals surface area contributed by atoms with Gasteiger partial charge in [-0.1, -0.05) is 43.3 Å². The van der Waals surface area contributed by atoms with Crippen molar-refractivity contribution in [1.82, 2.24) is 9.62 Å². The van der Waals surface area contributed by atoms with Crippen molar-refractivity contribution in [3.05, 3.63) is 59.7 Å². The van der Waals surface area contributed by atoms with E-state index in [2.05, 4.69) is 4.72 Å². The molecule has 0 saturated carbocycles. The number of amides is 1. The van der Waals surface area contributed by atoms with Gasteiger partial charge in [-0.2, -0.15) is 0 Å². The number of aryl methyl sites for hydroxylation is 1. The fourth-order valence-electron chi connectivity index (χ4n) is 3.24. The van der Waals surface area contributed by atoms with Crippen molar-refractivity contribution in [2.24, 2.45) is 0 Å². The van der Waals surface area contributed by atoms with Crippen LogP contribution in [-0.2, 0) is 26.0 Å². The summed E-state index contributed by atoms with van der Waals surface area (Å²) in [5.41, 5.74) is 1.86. The average Bonchev–Trinajstić information content (AvgIpc) is 2.77. The summed E-state index contributed by atoms with van der Waals surface area (Å²) < 4.78 is 38.9. The first-order valence-corrected chi connectivity index (χ1v) is 11.0. The van der Waals surface area contributed by atoms with E-state index < -0.39 is 10.0 Å². The Morgan fingerprint density at radius 3 is 2.69 bits per heavy atom. The second-order valence-electron chi connectivity index (χ2n) is 6.77. The van der Waals surface area contributed by atoms with E-state index in [0.29, 0.717) is 26.1 Å². The number of nitrogens with one attached hydrogen (secondary N) is 1. The van der Waals surface area contributed by atoms with Crippen LogP contribution in [0.4, 0.5) is 0 Å². The average molecular weight is 419 g/mol. The van der Waals surface area contributed by atoms with E-state index in [1.807, 2.05) is 43.3 Å². The number of methoxy groups -OCH3 is 1. The molecule has 0 aromatic heterocycles. The van der Waals surface area contributed by atoms with Gasteiger partial charge in [0.15, 0.2) is 0 Å². The van der Waals surface area contributed by atoms with E-state index in [-0.39, 0.29) is 29.2 Å². The van der Waals surface area contributed by atoms with E-state index in [0.717, 1.165) is 11.1 Å². The minimum Gasteiger partial charge on any atom is -0.495 e. The molecule has 1 N–H and O–H groups in total. The van der Waals surface area contributed by atoms with Gasteiger partial charge in [0.2, 0.25) is 15.9 Å². The Morgan fingerprint density at radius 2 is 2.00 bits per heavy atom. The van der Waals surface area contributed by atoms with Crippen LogP contribution in [0.2, 0.25) is 0 Å². The van der Waals surface area contributed by atoms with Crippen LogP contribution in [0, 0.1) is 0 Å². The maximum atomic E-state index is 12.8. The number of nitrogens with zero attached hydrogens (tertiary/aromatic N) is 1. The molecule has 2 aromatic rings. The number of rotatable bonds is 7. The van der Waals surface area contributed by atoms with Gasteiger partial charge < -0.3 is 14.4 Å². The van der Waals surface area contributed by atoms with Crippen molar-refractivity contribution in [2.75, 3.05) is 33.4 Å².